The Morgan fingerprint density at radius 3 is 2.78 bits per heavy atom. The first-order chi connectivity index (χ1) is 10.8. The van der Waals surface area contributed by atoms with Crippen LogP contribution in [0.4, 0.5) is 16.2 Å². The molecule has 0 bridgehead atoms. The van der Waals surface area contributed by atoms with Crippen LogP contribution in [0, 0.1) is 0 Å². The second-order valence-corrected chi connectivity index (χ2v) is 6.10. The maximum Gasteiger partial charge on any atom is 0.322 e. The molecule has 1 atom stereocenters. The predicted molar refractivity (Wildman–Crippen MR) is 88.1 cm³/mol. The highest BCUT2D eigenvalue weighted by atomic mass is 35.5. The zero-order chi connectivity index (χ0) is 17.1. The van der Waals surface area contributed by atoms with Gasteiger partial charge in [-0.1, -0.05) is 11.6 Å². The summed E-state index contributed by atoms with van der Waals surface area (Å²) in [5, 5.41) is 15.2. The van der Waals surface area contributed by atoms with Gasteiger partial charge in [0.2, 0.25) is 0 Å². The third kappa shape index (κ3) is 4.27. The number of carbonyl (C=O) groups is 2. The number of urea groups is 1. The number of anilines is 2. The number of hydrogen-bond donors (Lipinski definition) is 3. The van der Waals surface area contributed by atoms with Crippen molar-refractivity contribution in [2.75, 3.05) is 23.8 Å². The van der Waals surface area contributed by atoms with E-state index in [4.69, 9.17) is 16.3 Å². The Morgan fingerprint density at radius 1 is 1.48 bits per heavy atom. The summed E-state index contributed by atoms with van der Waals surface area (Å²) in [6.45, 7) is 5.45. The zero-order valence-corrected chi connectivity index (χ0v) is 14.0. The number of nitrogens with zero attached hydrogens (tertiary/aromatic N) is 1. The molecule has 8 heteroatoms. The minimum absolute atomic E-state index is 0.0812. The van der Waals surface area contributed by atoms with Crippen molar-refractivity contribution >= 4 is 34.9 Å². The van der Waals surface area contributed by atoms with Gasteiger partial charge in [0.15, 0.2) is 6.61 Å². The first-order valence-electron chi connectivity index (χ1n) is 7.29. The number of halogens is 1. The van der Waals surface area contributed by atoms with Gasteiger partial charge in [-0.3, -0.25) is 4.79 Å². The van der Waals surface area contributed by atoms with Gasteiger partial charge in [0, 0.05) is 18.7 Å². The van der Waals surface area contributed by atoms with Crippen LogP contribution in [0.3, 0.4) is 0 Å². The fourth-order valence-electron chi connectivity index (χ4n) is 2.20. The van der Waals surface area contributed by atoms with E-state index in [0.717, 1.165) is 0 Å². The van der Waals surface area contributed by atoms with Crippen molar-refractivity contribution in [3.8, 4) is 5.75 Å². The summed E-state index contributed by atoms with van der Waals surface area (Å²) in [4.78, 5) is 25.2. The van der Waals surface area contributed by atoms with Crippen LogP contribution < -0.4 is 15.4 Å². The van der Waals surface area contributed by atoms with Crippen molar-refractivity contribution in [1.82, 2.24) is 4.90 Å². The highest BCUT2D eigenvalue weighted by molar-refractivity contribution is 6.34. The van der Waals surface area contributed by atoms with Gasteiger partial charge in [-0.2, -0.15) is 0 Å². The van der Waals surface area contributed by atoms with Crippen molar-refractivity contribution in [1.29, 1.82) is 0 Å². The molecule has 0 aromatic heterocycles. The van der Waals surface area contributed by atoms with E-state index in [1.165, 1.54) is 11.0 Å². The molecule has 0 aliphatic carbocycles. The fraction of sp³-hybridized carbons (Fsp3) is 0.467. The highest BCUT2D eigenvalue weighted by Gasteiger charge is 2.22. The fourth-order valence-corrected chi connectivity index (χ4v) is 2.41. The van der Waals surface area contributed by atoms with Gasteiger partial charge in [0.1, 0.15) is 5.75 Å². The lowest BCUT2D eigenvalue weighted by molar-refractivity contribution is -0.118. The van der Waals surface area contributed by atoms with Crippen molar-refractivity contribution in [3.63, 3.8) is 0 Å². The number of aliphatic hydroxyl groups is 1. The minimum Gasteiger partial charge on any atom is -0.482 e. The number of fused-ring (bicyclic) bond motifs is 1. The maximum atomic E-state index is 12.4. The number of ether oxygens (including phenoxy) is 1. The standard InChI is InChI=1S/C15H20ClN3O4/c1-8(2)19(6-9(3)20)15(22)18-11-5-13-12(4-10(11)16)17-14(21)7-23-13/h4-5,8-9,20H,6-7H2,1-3H3,(H,17,21)(H,18,22)/t9-/m0/s1. The van der Waals surface area contributed by atoms with Gasteiger partial charge in [0.05, 0.1) is 22.5 Å². The molecule has 3 N–H and O–H groups in total. The number of nitrogens with one attached hydrogen (secondary N) is 2. The van der Waals surface area contributed by atoms with E-state index in [-0.39, 0.29) is 36.2 Å². The molecule has 0 radical (unpaired) electrons. The quantitative estimate of drug-likeness (QED) is 0.783. The number of carbonyl (C=O) groups excluding carboxylic acids is 2. The summed E-state index contributed by atoms with van der Waals surface area (Å²) >= 11 is 6.15. The Balaban J connectivity index is 2.19. The SMILES string of the molecule is CC(C)N(C[C@H](C)O)C(=O)Nc1cc2c(cc1Cl)NC(=O)CO2. The van der Waals surface area contributed by atoms with Gasteiger partial charge in [-0.15, -0.1) is 0 Å². The summed E-state index contributed by atoms with van der Waals surface area (Å²) in [5.74, 6) is 0.184. The first kappa shape index (κ1) is 17.4. The lowest BCUT2D eigenvalue weighted by Gasteiger charge is -2.28. The van der Waals surface area contributed by atoms with E-state index < -0.39 is 6.10 Å². The van der Waals surface area contributed by atoms with Crippen LogP contribution in [0.2, 0.25) is 5.02 Å². The molecule has 1 aromatic carbocycles. The van der Waals surface area contributed by atoms with Crippen LogP contribution in [0.25, 0.3) is 0 Å². The molecule has 1 heterocycles. The molecule has 126 valence electrons. The van der Waals surface area contributed by atoms with Crippen LogP contribution >= 0.6 is 11.6 Å². The number of amides is 3. The number of rotatable bonds is 4. The van der Waals surface area contributed by atoms with Crippen LogP contribution in [0.5, 0.6) is 5.75 Å². The van der Waals surface area contributed by atoms with Crippen molar-refractivity contribution in [2.45, 2.75) is 32.9 Å². The second-order valence-electron chi connectivity index (χ2n) is 5.69. The van der Waals surface area contributed by atoms with Crippen LogP contribution in [-0.4, -0.2) is 47.2 Å². The minimum atomic E-state index is -0.638. The normalized spacial score (nSPS) is 14.6. The molecule has 23 heavy (non-hydrogen) atoms. The largest absolute Gasteiger partial charge is 0.482 e. The molecular formula is C15H20ClN3O4. The molecule has 0 fully saturated rings. The number of hydrogen-bond acceptors (Lipinski definition) is 4. The van der Waals surface area contributed by atoms with Gasteiger partial charge >= 0.3 is 6.03 Å². The Kier molecular flexibility index (Phi) is 5.33. The monoisotopic (exact) mass is 341 g/mol. The van der Waals surface area contributed by atoms with Crippen LogP contribution in [-0.2, 0) is 4.79 Å². The van der Waals surface area contributed by atoms with E-state index in [1.54, 1.807) is 13.0 Å². The third-order valence-corrected chi connectivity index (χ3v) is 3.60. The molecular weight excluding hydrogens is 322 g/mol. The van der Waals surface area contributed by atoms with E-state index >= 15 is 0 Å². The average molecular weight is 342 g/mol. The number of aliphatic hydroxyl groups excluding tert-OH is 1. The third-order valence-electron chi connectivity index (χ3n) is 3.29. The highest BCUT2D eigenvalue weighted by Crippen LogP contribution is 2.36. The molecule has 2 rings (SSSR count). The van der Waals surface area contributed by atoms with Crippen molar-refractivity contribution in [3.05, 3.63) is 17.2 Å². The lowest BCUT2D eigenvalue weighted by Crippen LogP contribution is -2.43. The Labute approximate surface area is 139 Å². The zero-order valence-electron chi connectivity index (χ0n) is 13.2. The molecule has 3 amide bonds. The summed E-state index contributed by atoms with van der Waals surface area (Å²) in [6, 6.07) is 2.63. The van der Waals surface area contributed by atoms with Gasteiger partial charge in [-0.25, -0.2) is 4.79 Å². The average Bonchev–Trinajstić information content (AvgIpc) is 2.45. The molecule has 1 aliphatic rings. The first-order valence-corrected chi connectivity index (χ1v) is 7.67. The predicted octanol–water partition coefficient (Wildman–Crippen LogP) is 2.29. The van der Waals surface area contributed by atoms with Crippen LogP contribution in [0.15, 0.2) is 12.1 Å². The molecule has 0 unspecified atom stereocenters. The van der Waals surface area contributed by atoms with E-state index in [1.807, 2.05) is 13.8 Å². The van der Waals surface area contributed by atoms with Crippen molar-refractivity contribution in [2.24, 2.45) is 0 Å². The number of benzene rings is 1. The summed E-state index contributed by atoms with van der Waals surface area (Å²) in [7, 11) is 0. The van der Waals surface area contributed by atoms with Gasteiger partial charge < -0.3 is 25.4 Å². The summed E-state index contributed by atoms with van der Waals surface area (Å²) in [5.41, 5.74) is 0.844. The molecule has 1 aliphatic heterocycles. The molecule has 0 saturated heterocycles. The Morgan fingerprint density at radius 2 is 2.17 bits per heavy atom. The van der Waals surface area contributed by atoms with E-state index in [0.29, 0.717) is 17.1 Å². The second kappa shape index (κ2) is 7.06. The molecule has 0 saturated carbocycles. The molecule has 0 spiro atoms. The topological polar surface area (TPSA) is 90.9 Å². The van der Waals surface area contributed by atoms with Crippen LogP contribution in [0.1, 0.15) is 20.8 Å². The Hall–Kier alpha value is -1.99. The molecule has 7 nitrogen and oxygen atoms in total. The van der Waals surface area contributed by atoms with E-state index in [9.17, 15) is 14.7 Å². The Bertz CT molecular complexity index is 619. The smallest absolute Gasteiger partial charge is 0.322 e. The van der Waals surface area contributed by atoms with E-state index in [2.05, 4.69) is 10.6 Å². The summed E-state index contributed by atoms with van der Waals surface area (Å²) < 4.78 is 5.31. The molecule has 1 aromatic rings. The lowest BCUT2D eigenvalue weighted by atomic mass is 10.2. The summed E-state index contributed by atoms with van der Waals surface area (Å²) in [6.07, 6.45) is -0.638. The van der Waals surface area contributed by atoms with Gasteiger partial charge in [-0.05, 0) is 26.8 Å². The van der Waals surface area contributed by atoms with Gasteiger partial charge in [0.25, 0.3) is 5.91 Å². The maximum absolute atomic E-state index is 12.4. The van der Waals surface area contributed by atoms with Crippen molar-refractivity contribution < 1.29 is 19.4 Å².